The summed E-state index contributed by atoms with van der Waals surface area (Å²) in [6.45, 7) is 6.07. The fourth-order valence-electron chi connectivity index (χ4n) is 7.26. The molecule has 4 aliphatic rings. The van der Waals surface area contributed by atoms with Gasteiger partial charge in [0, 0.05) is 112 Å². The summed E-state index contributed by atoms with van der Waals surface area (Å²) in [5.41, 5.74) is -6.24. The number of ether oxygens (including phenoxy) is 2. The van der Waals surface area contributed by atoms with Crippen LogP contribution in [0.5, 0.6) is 0 Å². The molecule has 2 bridgehead atoms. The van der Waals surface area contributed by atoms with Crippen LogP contribution < -0.4 is 0 Å². The van der Waals surface area contributed by atoms with E-state index in [1.807, 2.05) is 0 Å². The minimum atomic E-state index is -2.02. The molecule has 11 heteroatoms. The third-order valence-electron chi connectivity index (χ3n) is 9.64. The summed E-state index contributed by atoms with van der Waals surface area (Å²) in [5.74, 6) is -2.89. The topological polar surface area (TPSA) is 154 Å². The van der Waals surface area contributed by atoms with Crippen molar-refractivity contribution in [3.8, 4) is 0 Å². The molecule has 1 heterocycles. The first-order valence-electron chi connectivity index (χ1n) is 12.3. The first-order chi connectivity index (χ1) is 16.7. The molecule has 3 fully saturated rings. The Balaban J connectivity index is 0.00000200. The molecule has 0 amide bonds. The van der Waals surface area contributed by atoms with E-state index < -0.39 is 70.2 Å². The van der Waals surface area contributed by atoms with Gasteiger partial charge in [0.25, 0.3) is 0 Å². The number of aliphatic hydroxyl groups is 5. The fourth-order valence-corrected chi connectivity index (χ4v) is 7.26. The summed E-state index contributed by atoms with van der Waals surface area (Å²) in [4.78, 5) is 27.4. The molecular formula is C27H34Ac2O9. The van der Waals surface area contributed by atoms with E-state index >= 15 is 0 Å². The number of fused-ring (bicyclic) bond motifs is 5. The van der Waals surface area contributed by atoms with E-state index in [1.54, 1.807) is 51.1 Å². The molecule has 2 radical (unpaired) electrons. The van der Waals surface area contributed by atoms with Gasteiger partial charge in [0.2, 0.25) is 0 Å². The van der Waals surface area contributed by atoms with Crippen LogP contribution >= 0.6 is 0 Å². The van der Waals surface area contributed by atoms with Crippen LogP contribution in [0.1, 0.15) is 50.9 Å². The molecule has 0 aromatic heterocycles. The second-order valence-corrected chi connectivity index (χ2v) is 11.6. The average molecular weight is 957 g/mol. The first kappa shape index (κ1) is 33.2. The predicted octanol–water partition coefficient (Wildman–Crippen LogP) is 0.511. The zero-order chi connectivity index (χ0) is 26.4. The molecule has 2 saturated carbocycles. The Kier molecular flexibility index (Phi) is 9.71. The second-order valence-electron chi connectivity index (χ2n) is 11.6. The van der Waals surface area contributed by atoms with Crippen molar-refractivity contribution in [3.63, 3.8) is 0 Å². The van der Waals surface area contributed by atoms with Gasteiger partial charge >= 0.3 is 5.97 Å². The van der Waals surface area contributed by atoms with Gasteiger partial charge < -0.3 is 35.0 Å². The second kappa shape index (κ2) is 11.1. The number of Topliss-reactive ketones (excluding diaryl/α,β-unsaturated/α-hetero) is 1. The Hall–Kier alpha value is 0.743. The van der Waals surface area contributed by atoms with Crippen LogP contribution in [0.3, 0.4) is 0 Å². The molecule has 1 aliphatic heterocycles. The van der Waals surface area contributed by atoms with Crippen LogP contribution in [0, 0.1) is 105 Å². The summed E-state index contributed by atoms with van der Waals surface area (Å²) in [6.07, 6.45) is -7.08. The number of carbonyl (C=O) groups is 2. The SMILES string of the molecule is CC1=C2C(O)C(=O)C3(C)C(O)CC4OCC4(O)C3C(OC(=O)c3ccccc3)C(O)(CC1O)C2(C)C.[Ac].[Ac]. The largest absolute Gasteiger partial charge is 0.455 e. The Morgan fingerprint density at radius 2 is 1.66 bits per heavy atom. The van der Waals surface area contributed by atoms with Gasteiger partial charge in [-0.2, -0.15) is 0 Å². The standard InChI is InChI=1S/C27H34O9.2Ac/c1-13-15(28)11-27(34)22(36-23(32)14-8-6-5-7-9-14)20-25(4,16(29)10-17-26(20,33)12-35-17)21(31)19(30)18(13)24(27,2)3;;/h5-9,15-17,19-20,22,28-30,33-34H,10-12H2,1-4H3;;. The molecule has 5 N–H and O–H groups in total. The normalized spacial score (nSPS) is 43.1. The van der Waals surface area contributed by atoms with E-state index in [9.17, 15) is 35.1 Å². The molecule has 3 aliphatic carbocycles. The zero-order valence-electron chi connectivity index (χ0n) is 22.0. The third kappa shape index (κ3) is 4.45. The number of aliphatic hydroxyl groups excluding tert-OH is 3. The van der Waals surface area contributed by atoms with Crippen LogP contribution in [0.4, 0.5) is 0 Å². The van der Waals surface area contributed by atoms with Crippen LogP contribution in [0.25, 0.3) is 0 Å². The number of rotatable bonds is 2. The average Bonchev–Trinajstić information content (AvgIpc) is 2.83. The Morgan fingerprint density at radius 1 is 1.05 bits per heavy atom. The van der Waals surface area contributed by atoms with E-state index in [1.165, 1.54) is 6.92 Å². The Labute approximate surface area is 293 Å². The molecule has 1 aromatic rings. The number of hydrogen-bond donors (Lipinski definition) is 5. The minimum absolute atomic E-state index is 0. The monoisotopic (exact) mass is 956 g/mol. The Morgan fingerprint density at radius 3 is 2.21 bits per heavy atom. The van der Waals surface area contributed by atoms with Crippen LogP contribution in [-0.4, -0.2) is 85.6 Å². The maximum absolute atomic E-state index is 14.0. The van der Waals surface area contributed by atoms with Gasteiger partial charge in [-0.25, -0.2) is 4.79 Å². The van der Waals surface area contributed by atoms with Gasteiger partial charge in [0.15, 0.2) is 5.78 Å². The van der Waals surface area contributed by atoms with Crippen molar-refractivity contribution < 1.29 is 133 Å². The summed E-state index contributed by atoms with van der Waals surface area (Å²) in [6, 6.07) is 8.12. The van der Waals surface area contributed by atoms with Crippen molar-refractivity contribution in [3.05, 3.63) is 47.0 Å². The molecule has 202 valence electrons. The molecule has 5 rings (SSSR count). The van der Waals surface area contributed by atoms with Crippen molar-refractivity contribution in [1.29, 1.82) is 0 Å². The summed E-state index contributed by atoms with van der Waals surface area (Å²) in [5, 5.41) is 57.9. The summed E-state index contributed by atoms with van der Waals surface area (Å²) in [7, 11) is 0. The minimum Gasteiger partial charge on any atom is -0.455 e. The van der Waals surface area contributed by atoms with Gasteiger partial charge in [-0.15, -0.1) is 0 Å². The van der Waals surface area contributed by atoms with Crippen LogP contribution in [-0.2, 0) is 14.3 Å². The number of hydrogen-bond acceptors (Lipinski definition) is 9. The van der Waals surface area contributed by atoms with E-state index in [2.05, 4.69) is 0 Å². The smallest absolute Gasteiger partial charge is 0.338 e. The molecule has 1 aromatic carbocycles. The summed E-state index contributed by atoms with van der Waals surface area (Å²) < 4.78 is 11.6. The molecule has 38 heavy (non-hydrogen) atoms. The molecular weight excluding hydrogens is 922 g/mol. The van der Waals surface area contributed by atoms with Gasteiger partial charge in [0.1, 0.15) is 23.4 Å². The van der Waals surface area contributed by atoms with E-state index in [0.29, 0.717) is 5.57 Å². The van der Waals surface area contributed by atoms with Crippen molar-refractivity contribution in [2.75, 3.05) is 6.61 Å². The zero-order valence-corrected chi connectivity index (χ0v) is 31.5. The van der Waals surface area contributed by atoms with Crippen molar-refractivity contribution in [2.24, 2.45) is 16.7 Å². The maximum atomic E-state index is 14.0. The molecule has 9 unspecified atom stereocenters. The van der Waals surface area contributed by atoms with Gasteiger partial charge in [0.05, 0.1) is 35.9 Å². The third-order valence-corrected chi connectivity index (χ3v) is 9.64. The van der Waals surface area contributed by atoms with E-state index in [-0.39, 0.29) is 119 Å². The van der Waals surface area contributed by atoms with Gasteiger partial charge in [-0.3, -0.25) is 4.79 Å². The van der Waals surface area contributed by atoms with E-state index in [4.69, 9.17) is 9.47 Å². The number of carbonyl (C=O) groups excluding carboxylic acids is 2. The number of esters is 1. The fraction of sp³-hybridized carbons (Fsp3) is 0.630. The van der Waals surface area contributed by atoms with Crippen LogP contribution in [0.2, 0.25) is 0 Å². The number of ketones is 1. The van der Waals surface area contributed by atoms with Crippen molar-refractivity contribution in [1.82, 2.24) is 0 Å². The molecule has 9 nitrogen and oxygen atoms in total. The maximum Gasteiger partial charge on any atom is 0.338 e. The molecule has 0 spiro atoms. The van der Waals surface area contributed by atoms with Crippen molar-refractivity contribution in [2.45, 2.75) is 82.3 Å². The Bertz CT molecular complexity index is 1140. The quantitative estimate of drug-likeness (QED) is 0.211. The van der Waals surface area contributed by atoms with Gasteiger partial charge in [-0.1, -0.05) is 32.0 Å². The summed E-state index contributed by atoms with van der Waals surface area (Å²) >= 11 is 0. The number of benzene rings is 1. The van der Waals surface area contributed by atoms with Gasteiger partial charge in [-0.05, 0) is 37.1 Å². The first-order valence-corrected chi connectivity index (χ1v) is 12.3. The molecule has 9 atom stereocenters. The predicted molar refractivity (Wildman–Crippen MR) is 126 cm³/mol. The van der Waals surface area contributed by atoms with Crippen LogP contribution in [0.15, 0.2) is 41.5 Å². The van der Waals surface area contributed by atoms with Crippen molar-refractivity contribution >= 4 is 11.8 Å². The van der Waals surface area contributed by atoms with E-state index in [0.717, 1.165) is 0 Å². The molecule has 1 saturated heterocycles.